The molecule has 2 aromatic carbocycles. The quantitative estimate of drug-likeness (QED) is 0.857. The molecule has 0 aromatic heterocycles. The average Bonchev–Trinajstić information content (AvgIpc) is 2.47. The van der Waals surface area contributed by atoms with Gasteiger partial charge in [-0.05, 0) is 29.2 Å². The summed E-state index contributed by atoms with van der Waals surface area (Å²) in [5, 5.41) is 0. The second kappa shape index (κ2) is 6.76. The molecule has 1 unspecified atom stereocenters. The Hall–Kier alpha value is -1.81. The van der Waals surface area contributed by atoms with Gasteiger partial charge in [0.15, 0.2) is 0 Å². The van der Waals surface area contributed by atoms with Crippen molar-refractivity contribution < 1.29 is 8.95 Å². The van der Waals surface area contributed by atoms with Crippen LogP contribution in [0.25, 0.3) is 0 Å². The van der Waals surface area contributed by atoms with Crippen molar-refractivity contribution in [2.24, 2.45) is 0 Å². The number of methoxy groups -OCH3 is 1. The van der Waals surface area contributed by atoms with Crippen LogP contribution in [0.1, 0.15) is 30.9 Å². The Morgan fingerprint density at radius 3 is 2.38 bits per heavy atom. The highest BCUT2D eigenvalue weighted by atomic mass is 32.2. The lowest BCUT2D eigenvalue weighted by molar-refractivity contribution is 0.404. The lowest BCUT2D eigenvalue weighted by Gasteiger charge is -2.10. The zero-order valence-corrected chi connectivity index (χ0v) is 13.4. The molecule has 2 rings (SSSR count). The van der Waals surface area contributed by atoms with E-state index in [0.29, 0.717) is 28.0 Å². The van der Waals surface area contributed by atoms with Gasteiger partial charge < -0.3 is 10.5 Å². The van der Waals surface area contributed by atoms with Gasteiger partial charge in [0.05, 0.1) is 28.6 Å². The third-order valence-electron chi connectivity index (χ3n) is 3.38. The number of hydrogen-bond donors (Lipinski definition) is 1. The van der Waals surface area contributed by atoms with Crippen LogP contribution < -0.4 is 10.5 Å². The summed E-state index contributed by atoms with van der Waals surface area (Å²) in [7, 11) is 0.410. The lowest BCUT2D eigenvalue weighted by Crippen LogP contribution is -2.01. The zero-order chi connectivity index (χ0) is 15.4. The minimum Gasteiger partial charge on any atom is -0.495 e. The predicted octanol–water partition coefficient (Wildman–Crippen LogP) is 3.71. The molecule has 2 aromatic rings. The molecule has 0 fully saturated rings. The van der Waals surface area contributed by atoms with Gasteiger partial charge in [-0.2, -0.15) is 0 Å². The normalized spacial score (nSPS) is 12.4. The number of rotatable bonds is 5. The van der Waals surface area contributed by atoms with Crippen LogP contribution in [0.2, 0.25) is 0 Å². The molecule has 0 aliphatic carbocycles. The molecular formula is C17H21NO2S. The van der Waals surface area contributed by atoms with Crippen LogP contribution in [0.15, 0.2) is 47.4 Å². The van der Waals surface area contributed by atoms with E-state index in [2.05, 4.69) is 26.0 Å². The van der Waals surface area contributed by atoms with Gasteiger partial charge in [0.1, 0.15) is 5.75 Å². The maximum Gasteiger partial charge on any atom is 0.137 e. The van der Waals surface area contributed by atoms with Crippen molar-refractivity contribution in [2.75, 3.05) is 12.8 Å². The van der Waals surface area contributed by atoms with Crippen LogP contribution >= 0.6 is 0 Å². The standard InChI is InChI=1S/C17H21NO2S/c1-12(2)14-6-4-13(5-7-14)11-21(19)17-9-8-15(18)10-16(17)20-3/h4-10,12H,11,18H2,1-3H3. The summed E-state index contributed by atoms with van der Waals surface area (Å²) in [6, 6.07) is 13.5. The van der Waals surface area contributed by atoms with Gasteiger partial charge in [0, 0.05) is 11.8 Å². The fourth-order valence-corrected chi connectivity index (χ4v) is 3.34. The summed E-state index contributed by atoms with van der Waals surface area (Å²) in [4.78, 5) is 0.680. The first kappa shape index (κ1) is 15.6. The summed E-state index contributed by atoms with van der Waals surface area (Å²) in [5.41, 5.74) is 8.67. The number of ether oxygens (including phenoxy) is 1. The van der Waals surface area contributed by atoms with Crippen LogP contribution in [-0.4, -0.2) is 11.3 Å². The van der Waals surface area contributed by atoms with Gasteiger partial charge in [-0.15, -0.1) is 0 Å². The predicted molar refractivity (Wildman–Crippen MR) is 88.0 cm³/mol. The second-order valence-electron chi connectivity index (χ2n) is 5.30. The Labute approximate surface area is 128 Å². The van der Waals surface area contributed by atoms with Crippen molar-refractivity contribution >= 4 is 16.5 Å². The maximum atomic E-state index is 12.5. The Balaban J connectivity index is 2.18. The molecular weight excluding hydrogens is 282 g/mol. The van der Waals surface area contributed by atoms with Crippen molar-refractivity contribution in [1.29, 1.82) is 0 Å². The zero-order valence-electron chi connectivity index (χ0n) is 12.6. The smallest absolute Gasteiger partial charge is 0.137 e. The van der Waals surface area contributed by atoms with Crippen LogP contribution in [0.5, 0.6) is 5.75 Å². The van der Waals surface area contributed by atoms with E-state index in [1.165, 1.54) is 5.56 Å². The van der Waals surface area contributed by atoms with Crippen LogP contribution in [0.3, 0.4) is 0 Å². The molecule has 0 saturated carbocycles. The van der Waals surface area contributed by atoms with Gasteiger partial charge >= 0.3 is 0 Å². The molecule has 0 bridgehead atoms. The van der Waals surface area contributed by atoms with Crippen molar-refractivity contribution in [2.45, 2.75) is 30.4 Å². The molecule has 1 atom stereocenters. The molecule has 0 saturated heterocycles. The average molecular weight is 303 g/mol. The Morgan fingerprint density at radius 2 is 1.81 bits per heavy atom. The summed E-state index contributed by atoms with van der Waals surface area (Å²) >= 11 is 0. The molecule has 3 nitrogen and oxygen atoms in total. The van der Waals surface area contributed by atoms with Crippen molar-refractivity contribution in [3.8, 4) is 5.75 Å². The van der Waals surface area contributed by atoms with Crippen LogP contribution in [0, 0.1) is 0 Å². The highest BCUT2D eigenvalue weighted by molar-refractivity contribution is 7.84. The third-order valence-corrected chi connectivity index (χ3v) is 4.80. The highest BCUT2D eigenvalue weighted by Crippen LogP contribution is 2.26. The summed E-state index contributed by atoms with van der Waals surface area (Å²) in [6.07, 6.45) is 0. The molecule has 112 valence electrons. The molecule has 0 aliphatic rings. The monoisotopic (exact) mass is 303 g/mol. The first-order valence-electron chi connectivity index (χ1n) is 6.92. The molecule has 4 heteroatoms. The van der Waals surface area contributed by atoms with Crippen molar-refractivity contribution in [3.63, 3.8) is 0 Å². The van der Waals surface area contributed by atoms with E-state index in [-0.39, 0.29) is 0 Å². The largest absolute Gasteiger partial charge is 0.495 e. The fraction of sp³-hybridized carbons (Fsp3) is 0.294. The van der Waals surface area contributed by atoms with E-state index in [0.717, 1.165) is 5.56 Å². The molecule has 0 spiro atoms. The lowest BCUT2D eigenvalue weighted by atomic mass is 10.0. The summed E-state index contributed by atoms with van der Waals surface area (Å²) in [6.45, 7) is 4.32. The van der Waals surface area contributed by atoms with Crippen LogP contribution in [-0.2, 0) is 16.6 Å². The minimum absolute atomic E-state index is 0.471. The van der Waals surface area contributed by atoms with Crippen molar-refractivity contribution in [1.82, 2.24) is 0 Å². The van der Waals surface area contributed by atoms with Gasteiger partial charge in [-0.25, -0.2) is 0 Å². The third kappa shape index (κ3) is 3.85. The fourth-order valence-electron chi connectivity index (χ4n) is 2.10. The molecule has 0 radical (unpaired) electrons. The number of hydrogen-bond acceptors (Lipinski definition) is 3. The number of nitrogens with two attached hydrogens (primary N) is 1. The first-order valence-corrected chi connectivity index (χ1v) is 8.24. The van der Waals surface area contributed by atoms with Gasteiger partial charge in [-0.3, -0.25) is 4.21 Å². The van der Waals surface area contributed by atoms with E-state index in [9.17, 15) is 4.21 Å². The van der Waals surface area contributed by atoms with E-state index in [1.807, 2.05) is 12.1 Å². The van der Waals surface area contributed by atoms with Gasteiger partial charge in [-0.1, -0.05) is 38.1 Å². The Bertz CT molecular complexity index is 636. The topological polar surface area (TPSA) is 52.3 Å². The first-order chi connectivity index (χ1) is 10.0. The SMILES string of the molecule is COc1cc(N)ccc1S(=O)Cc1ccc(C(C)C)cc1. The number of benzene rings is 2. The van der Waals surface area contributed by atoms with E-state index >= 15 is 0 Å². The Morgan fingerprint density at radius 1 is 1.14 bits per heavy atom. The van der Waals surface area contributed by atoms with Crippen LogP contribution in [0.4, 0.5) is 5.69 Å². The van der Waals surface area contributed by atoms with E-state index < -0.39 is 10.8 Å². The minimum atomic E-state index is -1.15. The summed E-state index contributed by atoms with van der Waals surface area (Å²) in [5.74, 6) is 1.55. The maximum absolute atomic E-state index is 12.5. The van der Waals surface area contributed by atoms with Gasteiger partial charge in [0.25, 0.3) is 0 Å². The molecule has 21 heavy (non-hydrogen) atoms. The van der Waals surface area contributed by atoms with E-state index in [1.54, 1.807) is 25.3 Å². The number of anilines is 1. The highest BCUT2D eigenvalue weighted by Gasteiger charge is 2.12. The summed E-state index contributed by atoms with van der Waals surface area (Å²) < 4.78 is 17.8. The van der Waals surface area contributed by atoms with Crippen molar-refractivity contribution in [3.05, 3.63) is 53.6 Å². The molecule has 0 aliphatic heterocycles. The molecule has 0 amide bonds. The van der Waals surface area contributed by atoms with E-state index in [4.69, 9.17) is 10.5 Å². The molecule has 2 N–H and O–H groups in total. The second-order valence-corrected chi connectivity index (χ2v) is 6.72. The van der Waals surface area contributed by atoms with Gasteiger partial charge in [0.2, 0.25) is 0 Å². The molecule has 0 heterocycles. The Kier molecular flexibility index (Phi) is 5.02. The number of nitrogen functional groups attached to an aromatic ring is 1.